The van der Waals surface area contributed by atoms with Gasteiger partial charge in [-0.2, -0.15) is 0 Å². The lowest BCUT2D eigenvalue weighted by atomic mass is 9.76. The molecule has 1 aromatic carbocycles. The molecule has 0 spiro atoms. The number of hydrogen-bond donors (Lipinski definition) is 1. The van der Waals surface area contributed by atoms with E-state index in [0.717, 1.165) is 37.6 Å². The number of benzene rings is 1. The normalized spacial score (nSPS) is 22.9. The van der Waals surface area contributed by atoms with Crippen molar-refractivity contribution < 1.29 is 8.78 Å². The van der Waals surface area contributed by atoms with Gasteiger partial charge in [0, 0.05) is 6.07 Å². The summed E-state index contributed by atoms with van der Waals surface area (Å²) >= 11 is 0. The Morgan fingerprint density at radius 2 is 1.70 bits per heavy atom. The van der Waals surface area contributed by atoms with E-state index in [1.165, 1.54) is 37.8 Å². The van der Waals surface area contributed by atoms with Crippen LogP contribution in [-0.2, 0) is 6.42 Å². The van der Waals surface area contributed by atoms with Crippen molar-refractivity contribution in [1.29, 1.82) is 0 Å². The van der Waals surface area contributed by atoms with Crippen LogP contribution in [0.3, 0.4) is 0 Å². The van der Waals surface area contributed by atoms with Crippen molar-refractivity contribution in [2.45, 2.75) is 45.4 Å². The van der Waals surface area contributed by atoms with Crippen LogP contribution in [0.25, 0.3) is 0 Å². The van der Waals surface area contributed by atoms with E-state index in [2.05, 4.69) is 12.2 Å². The Morgan fingerprint density at radius 3 is 2.35 bits per heavy atom. The van der Waals surface area contributed by atoms with Gasteiger partial charge >= 0.3 is 0 Å². The van der Waals surface area contributed by atoms with E-state index >= 15 is 0 Å². The molecule has 1 N–H and O–H groups in total. The molecule has 0 amide bonds. The third-order valence-electron chi connectivity index (χ3n) is 4.32. The van der Waals surface area contributed by atoms with Crippen LogP contribution in [0.1, 0.15) is 44.6 Å². The van der Waals surface area contributed by atoms with Gasteiger partial charge < -0.3 is 5.32 Å². The van der Waals surface area contributed by atoms with Gasteiger partial charge in [-0.3, -0.25) is 0 Å². The summed E-state index contributed by atoms with van der Waals surface area (Å²) in [4.78, 5) is 0. The average Bonchev–Trinajstić information content (AvgIpc) is 2.40. The quantitative estimate of drug-likeness (QED) is 0.766. The highest BCUT2D eigenvalue weighted by atomic mass is 19.1. The minimum Gasteiger partial charge on any atom is -0.316 e. The van der Waals surface area contributed by atoms with Crippen molar-refractivity contribution in [2.24, 2.45) is 11.8 Å². The van der Waals surface area contributed by atoms with E-state index < -0.39 is 11.6 Å². The summed E-state index contributed by atoms with van der Waals surface area (Å²) in [6.07, 6.45) is 6.88. The van der Waals surface area contributed by atoms with E-state index in [9.17, 15) is 8.78 Å². The molecule has 1 aliphatic rings. The van der Waals surface area contributed by atoms with E-state index in [0.29, 0.717) is 11.8 Å². The van der Waals surface area contributed by atoms with Gasteiger partial charge in [-0.25, -0.2) is 8.78 Å². The summed E-state index contributed by atoms with van der Waals surface area (Å²) in [5.41, 5.74) is 0.801. The zero-order chi connectivity index (χ0) is 14.4. The van der Waals surface area contributed by atoms with E-state index in [1.807, 2.05) is 0 Å². The van der Waals surface area contributed by atoms with Crippen molar-refractivity contribution >= 4 is 0 Å². The third-order valence-corrected chi connectivity index (χ3v) is 4.32. The Balaban J connectivity index is 1.96. The highest BCUT2D eigenvalue weighted by Crippen LogP contribution is 2.32. The lowest BCUT2D eigenvalue weighted by Crippen LogP contribution is -2.32. The zero-order valence-corrected chi connectivity index (χ0v) is 12.3. The fourth-order valence-electron chi connectivity index (χ4n) is 3.32. The Labute approximate surface area is 120 Å². The molecule has 1 aromatic rings. The van der Waals surface area contributed by atoms with Crippen LogP contribution >= 0.6 is 0 Å². The van der Waals surface area contributed by atoms with Gasteiger partial charge in [-0.1, -0.05) is 19.8 Å². The molecule has 3 heteroatoms. The molecule has 2 rings (SSSR count). The first kappa shape index (κ1) is 15.4. The molecular formula is C17H25F2N. The van der Waals surface area contributed by atoms with Gasteiger partial charge in [0.15, 0.2) is 0 Å². The SMILES string of the molecule is CCCNCC1CCCCC1Cc1cc(F)cc(F)c1. The summed E-state index contributed by atoms with van der Waals surface area (Å²) in [6, 6.07) is 3.91. The molecule has 0 radical (unpaired) electrons. The molecule has 2 atom stereocenters. The second kappa shape index (κ2) is 7.72. The van der Waals surface area contributed by atoms with Gasteiger partial charge in [-0.15, -0.1) is 0 Å². The first-order valence-electron chi connectivity index (χ1n) is 7.84. The molecule has 0 bridgehead atoms. The predicted molar refractivity (Wildman–Crippen MR) is 78.7 cm³/mol. The maximum atomic E-state index is 13.3. The highest BCUT2D eigenvalue weighted by molar-refractivity contribution is 5.18. The molecule has 1 fully saturated rings. The molecule has 1 saturated carbocycles. The average molecular weight is 281 g/mol. The van der Waals surface area contributed by atoms with Crippen molar-refractivity contribution in [3.05, 3.63) is 35.4 Å². The van der Waals surface area contributed by atoms with Crippen LogP contribution in [-0.4, -0.2) is 13.1 Å². The molecule has 2 unspecified atom stereocenters. The van der Waals surface area contributed by atoms with Crippen molar-refractivity contribution in [3.8, 4) is 0 Å². The van der Waals surface area contributed by atoms with Crippen LogP contribution in [0.5, 0.6) is 0 Å². The highest BCUT2D eigenvalue weighted by Gasteiger charge is 2.25. The summed E-state index contributed by atoms with van der Waals surface area (Å²) in [6.45, 7) is 4.26. The van der Waals surface area contributed by atoms with E-state index in [-0.39, 0.29) is 0 Å². The van der Waals surface area contributed by atoms with Gasteiger partial charge in [-0.05, 0) is 68.3 Å². The second-order valence-electron chi connectivity index (χ2n) is 5.99. The molecule has 1 nitrogen and oxygen atoms in total. The van der Waals surface area contributed by atoms with Gasteiger partial charge in [0.05, 0.1) is 0 Å². The smallest absolute Gasteiger partial charge is 0.126 e. The monoisotopic (exact) mass is 281 g/mol. The van der Waals surface area contributed by atoms with Crippen LogP contribution in [0, 0.1) is 23.5 Å². The summed E-state index contributed by atoms with van der Waals surface area (Å²) in [7, 11) is 0. The van der Waals surface area contributed by atoms with Crippen LogP contribution < -0.4 is 5.32 Å². The summed E-state index contributed by atoms with van der Waals surface area (Å²) < 4.78 is 26.6. The largest absolute Gasteiger partial charge is 0.316 e. The van der Waals surface area contributed by atoms with E-state index in [4.69, 9.17) is 0 Å². The Bertz CT molecular complexity index is 399. The van der Waals surface area contributed by atoms with Crippen LogP contribution in [0.4, 0.5) is 8.78 Å². The first-order valence-corrected chi connectivity index (χ1v) is 7.84. The first-order chi connectivity index (χ1) is 9.69. The fraction of sp³-hybridized carbons (Fsp3) is 0.647. The standard InChI is InChI=1S/C17H25F2N/c1-2-7-20-12-15-6-4-3-5-14(15)8-13-9-16(18)11-17(19)10-13/h9-11,14-15,20H,2-8,12H2,1H3. The lowest BCUT2D eigenvalue weighted by Gasteiger charge is -2.32. The van der Waals surface area contributed by atoms with Gasteiger partial charge in [0.1, 0.15) is 11.6 Å². The molecule has 112 valence electrons. The fourth-order valence-corrected chi connectivity index (χ4v) is 3.32. The Morgan fingerprint density at radius 1 is 1.05 bits per heavy atom. The number of halogens is 2. The van der Waals surface area contributed by atoms with Crippen molar-refractivity contribution in [3.63, 3.8) is 0 Å². The molecule has 0 aliphatic heterocycles. The maximum absolute atomic E-state index is 13.3. The number of nitrogens with one attached hydrogen (secondary N) is 1. The third kappa shape index (κ3) is 4.55. The number of hydrogen-bond acceptors (Lipinski definition) is 1. The maximum Gasteiger partial charge on any atom is 0.126 e. The zero-order valence-electron chi connectivity index (χ0n) is 12.3. The van der Waals surface area contributed by atoms with Gasteiger partial charge in [0.25, 0.3) is 0 Å². The molecular weight excluding hydrogens is 256 g/mol. The van der Waals surface area contributed by atoms with E-state index in [1.54, 1.807) is 0 Å². The molecule has 0 heterocycles. The van der Waals surface area contributed by atoms with Crippen molar-refractivity contribution in [1.82, 2.24) is 5.32 Å². The molecule has 0 aromatic heterocycles. The topological polar surface area (TPSA) is 12.0 Å². The van der Waals surface area contributed by atoms with Gasteiger partial charge in [0.2, 0.25) is 0 Å². The van der Waals surface area contributed by atoms with Crippen LogP contribution in [0.2, 0.25) is 0 Å². The minimum absolute atomic E-state index is 0.462. The lowest BCUT2D eigenvalue weighted by molar-refractivity contribution is 0.228. The van der Waals surface area contributed by atoms with Crippen molar-refractivity contribution in [2.75, 3.05) is 13.1 Å². The molecule has 1 aliphatic carbocycles. The summed E-state index contributed by atoms with van der Waals surface area (Å²) in [5.74, 6) is 0.267. The molecule has 0 saturated heterocycles. The molecule has 20 heavy (non-hydrogen) atoms. The predicted octanol–water partition coefficient (Wildman–Crippen LogP) is 4.31. The summed E-state index contributed by atoms with van der Waals surface area (Å²) in [5, 5.41) is 3.50. The second-order valence-corrected chi connectivity index (χ2v) is 5.99. The Kier molecular flexibility index (Phi) is 5.96. The Hall–Kier alpha value is -0.960. The van der Waals surface area contributed by atoms with Crippen LogP contribution in [0.15, 0.2) is 18.2 Å². The number of rotatable bonds is 6. The minimum atomic E-state index is -0.462.